The predicted molar refractivity (Wildman–Crippen MR) is 591 cm³/mol. The number of fused-ring (bicyclic) bond motifs is 3. The maximum atomic E-state index is 13.2. The first-order valence-electron chi connectivity index (χ1n) is 51.5. The van der Waals surface area contributed by atoms with Gasteiger partial charge in [-0.05, 0) is 301 Å². The summed E-state index contributed by atoms with van der Waals surface area (Å²) in [5, 5.41) is 29.3. The first kappa shape index (κ1) is 116. The summed E-state index contributed by atoms with van der Waals surface area (Å²) in [7, 11) is 2.04. The predicted octanol–water partition coefficient (Wildman–Crippen LogP) is 19.2. The Labute approximate surface area is 889 Å². The summed E-state index contributed by atoms with van der Waals surface area (Å²) in [5.41, 5.74) is 36.0. The summed E-state index contributed by atoms with van der Waals surface area (Å²) in [5.74, 6) is 2.54. The Kier molecular flexibility index (Phi) is 43.5. The van der Waals surface area contributed by atoms with Crippen LogP contribution in [0, 0.1) is 35.9 Å². The molecule has 18 rings (SSSR count). The third-order valence-corrected chi connectivity index (χ3v) is 31.0. The number of hydrogen-bond acceptors (Lipinski definition) is 21. The van der Waals surface area contributed by atoms with E-state index < -0.39 is 30.5 Å². The van der Waals surface area contributed by atoms with Crippen LogP contribution in [0.3, 0.4) is 0 Å². The van der Waals surface area contributed by atoms with Crippen molar-refractivity contribution in [1.29, 1.82) is 0 Å². The van der Waals surface area contributed by atoms with Crippen LogP contribution in [0.1, 0.15) is 200 Å². The fourth-order valence-electron chi connectivity index (χ4n) is 19.4. The third-order valence-electron chi connectivity index (χ3n) is 28.2. The number of hydrogen-bond donors (Lipinski definition) is 11. The summed E-state index contributed by atoms with van der Waals surface area (Å²) in [4.78, 5) is 72.9. The molecule has 794 valence electrons. The summed E-state index contributed by atoms with van der Waals surface area (Å²) in [6.07, 6.45) is 18.7. The van der Waals surface area contributed by atoms with E-state index in [1.807, 2.05) is 57.7 Å². The number of carbonyl (C=O) groups is 4. The molecule has 3 aromatic heterocycles. The standard InChI is InChI=1S/C22H26N4.C19H27F2N3O.C16H22FN3O.C14H19Cl2N3O.C14H23N.C13H16Cl3N3O.C13H19N3O2S/c1-17(25-13-11-18(12-14-25)15-23-2)19-7-9-20(10-8-19)26-16-24-21-5-3-4-6-22(21)26;1-14-6-8-24(9-7-14)12-16-4-2-15(3-5-16)11-22-18(25)17-10-19(20,21)13-23-17;1-16(2,18)10-20-7-3-4-11(9-20)15-19-13-6-5-12(17)8-14(13)21-15;1-14(8-17)4-5-19(9-14)7-13(20)18-12-6-10(15)2-3-11(12)16;1-11-6-5-7-13(10-11)12(2)8-9-14(3,4)15;14-9-3-11(16)12(4-10(9)15)18-13(20)7-19-2-1-8(5-17)6-19;17-12(14-8-13(18)4-6-19-9-13)10-7-16-5-2-1-3-11(16)15-10/h3-10,16,18,23H,1,11-15H2,2H3;2-5,14,17,23H,6-13H2,1H3,(H,22,25);5-6,8,11H,3-4,7,9-10,18H2,1-2H3;2-3,6H,4-5,7-9,17H2,1H3,(H,18,20);5-7,10,12H,8-9,15H2,1-4H3;3-4,8H,1-2,5-7,17H2,(H,18,20);7,18H,1-6,8-9H2,(H,14,17). The molecule has 10 aromatic rings. The van der Waals surface area contributed by atoms with Gasteiger partial charge in [0.25, 0.3) is 11.8 Å². The van der Waals surface area contributed by atoms with Crippen molar-refractivity contribution in [2.75, 3.05) is 147 Å². The number of aryl methyl sites for hydroxylation is 3. The Hall–Kier alpha value is -8.74. The van der Waals surface area contributed by atoms with E-state index in [1.165, 1.54) is 66.1 Å². The largest absolute Gasteiger partial charge is 0.440 e. The molecular weight excluding hydrogens is 1980 g/mol. The number of rotatable bonds is 28. The van der Waals surface area contributed by atoms with Gasteiger partial charge in [-0.25, -0.2) is 28.1 Å². The highest BCUT2D eigenvalue weighted by Crippen LogP contribution is 2.37. The molecule has 26 nitrogen and oxygen atoms in total. The molecule has 0 radical (unpaired) electrons. The number of aliphatic hydroxyl groups is 1. The molecule has 4 amide bonds. The second kappa shape index (κ2) is 54.8. The van der Waals surface area contributed by atoms with Gasteiger partial charge in [-0.2, -0.15) is 11.8 Å². The van der Waals surface area contributed by atoms with Crippen molar-refractivity contribution in [3.63, 3.8) is 0 Å². The fourth-order valence-corrected chi connectivity index (χ4v) is 21.6. The quantitative estimate of drug-likeness (QED) is 0.0203. The lowest BCUT2D eigenvalue weighted by molar-refractivity contribution is -0.123. The first-order valence-corrected chi connectivity index (χ1v) is 54.5. The van der Waals surface area contributed by atoms with Crippen molar-refractivity contribution in [3.8, 4) is 5.69 Å². The average molecular weight is 2130 g/mol. The number of likely N-dealkylation sites (tertiary alicyclic amines) is 5. The minimum absolute atomic E-state index is 0.0436. The van der Waals surface area contributed by atoms with Crippen LogP contribution >= 0.6 is 69.8 Å². The molecule has 11 heterocycles. The molecule has 0 saturated carbocycles. The highest BCUT2D eigenvalue weighted by atomic mass is 35.5. The van der Waals surface area contributed by atoms with E-state index in [2.05, 4.69) is 201 Å². The van der Waals surface area contributed by atoms with E-state index in [4.69, 9.17) is 85.4 Å². The molecule has 15 N–H and O–H groups in total. The Bertz CT molecular complexity index is 5860. The molecule has 0 aliphatic carbocycles. The molecule has 6 atom stereocenters. The number of alkyl halides is 2. The number of oxazole rings is 1. The van der Waals surface area contributed by atoms with Gasteiger partial charge in [-0.3, -0.25) is 43.8 Å². The Morgan fingerprint density at radius 3 is 2.05 bits per heavy atom. The average Bonchev–Trinajstić information content (AvgIpc) is 1.67. The van der Waals surface area contributed by atoms with Crippen molar-refractivity contribution >= 4 is 133 Å². The van der Waals surface area contributed by atoms with Crippen LogP contribution in [-0.2, 0) is 40.4 Å². The Morgan fingerprint density at radius 1 is 0.699 bits per heavy atom. The number of halogens is 8. The number of nitrogens with zero attached hydrogens (tertiary/aromatic N) is 10. The Morgan fingerprint density at radius 2 is 1.40 bits per heavy atom. The van der Waals surface area contributed by atoms with Gasteiger partial charge in [-0.1, -0.05) is 164 Å². The van der Waals surface area contributed by atoms with Crippen molar-refractivity contribution in [3.05, 3.63) is 241 Å². The van der Waals surface area contributed by atoms with Crippen LogP contribution in [-0.4, -0.2) is 242 Å². The van der Waals surface area contributed by atoms with Gasteiger partial charge in [0, 0.05) is 130 Å². The third kappa shape index (κ3) is 36.6. The summed E-state index contributed by atoms with van der Waals surface area (Å²) >= 11 is 31.4. The van der Waals surface area contributed by atoms with Gasteiger partial charge in [0.05, 0.1) is 73.8 Å². The fraction of sp³-hybridized carbons (Fsp3) is 0.523. The number of para-hydroxylation sites is 2. The zero-order chi connectivity index (χ0) is 105. The number of carbonyl (C=O) groups excluding carboxylic acids is 4. The number of thioether (sulfide) groups is 1. The minimum atomic E-state index is -2.78. The van der Waals surface area contributed by atoms with Crippen molar-refractivity contribution in [1.82, 2.24) is 69.9 Å². The van der Waals surface area contributed by atoms with E-state index in [0.29, 0.717) is 105 Å². The SMILES string of the molecule is C=C(c1ccc(-n2cnc3ccccc32)cc1)N1CCC(CNC)CC1.CC(C)(N)CN1CCCC(c2nc3ccc(F)cc3o2)C1.CC1(CN)CCN(CC(=O)Nc2cc(Cl)ccc2Cl)C1.CC1CCN(Cc2ccc(CNC(=O)C3CC(F)(F)CN3)cc2)CC1.Cc1cccc(C(C)CCC(C)(C)N)c1.NCC1CCN(CC(=O)Nc2cc(Cl)c(Cl)cc2Cl)C1.O=C(NCC1(O)CCSC1)c1cn2c(n1)CCCC2. The number of amides is 4. The molecule has 0 bridgehead atoms. The maximum Gasteiger partial charge on any atom is 0.271 e. The van der Waals surface area contributed by atoms with Crippen LogP contribution in [0.2, 0.25) is 25.1 Å². The number of aromatic nitrogens is 5. The van der Waals surface area contributed by atoms with E-state index in [-0.39, 0.29) is 51.9 Å². The molecule has 8 aliphatic rings. The van der Waals surface area contributed by atoms with E-state index >= 15 is 0 Å². The number of anilines is 2. The van der Waals surface area contributed by atoms with Gasteiger partial charge in [0.15, 0.2) is 11.5 Å². The van der Waals surface area contributed by atoms with Crippen molar-refractivity contribution < 1.29 is 41.9 Å². The second-order valence-corrected chi connectivity index (χ2v) is 45.8. The molecule has 7 aromatic carbocycles. The van der Waals surface area contributed by atoms with Gasteiger partial charge in [-0.15, -0.1) is 0 Å². The second-order valence-electron chi connectivity index (χ2n) is 42.6. The zero-order valence-corrected chi connectivity index (χ0v) is 90.9. The summed E-state index contributed by atoms with van der Waals surface area (Å²) in [6.45, 7) is 37.6. The topological polar surface area (TPSA) is 343 Å². The van der Waals surface area contributed by atoms with Crippen LogP contribution in [0.4, 0.5) is 24.5 Å². The number of piperidine rings is 3. The van der Waals surface area contributed by atoms with Crippen molar-refractivity contribution in [2.24, 2.45) is 46.1 Å². The first-order chi connectivity index (χ1) is 69.5. The molecular formula is C111H152Cl5F3N20O6S. The molecule has 7 saturated heterocycles. The van der Waals surface area contributed by atoms with Gasteiger partial charge >= 0.3 is 0 Å². The van der Waals surface area contributed by atoms with Gasteiger partial charge in [0.2, 0.25) is 17.7 Å². The van der Waals surface area contributed by atoms with E-state index in [1.54, 1.807) is 42.1 Å². The summed E-state index contributed by atoms with van der Waals surface area (Å²) < 4.78 is 49.4. The van der Waals surface area contributed by atoms with Gasteiger partial charge < -0.3 is 73.4 Å². The van der Waals surface area contributed by atoms with E-state index in [9.17, 15) is 37.5 Å². The Balaban J connectivity index is 0.000000152. The maximum absolute atomic E-state index is 13.2. The number of benzene rings is 7. The highest BCUT2D eigenvalue weighted by Gasteiger charge is 2.43. The lowest BCUT2D eigenvalue weighted by Crippen LogP contribution is -2.48. The summed E-state index contributed by atoms with van der Waals surface area (Å²) in [6, 6.07) is 45.6. The molecule has 146 heavy (non-hydrogen) atoms. The van der Waals surface area contributed by atoms with Crippen LogP contribution in [0.5, 0.6) is 0 Å². The lowest BCUT2D eigenvalue weighted by Gasteiger charge is -2.35. The monoisotopic (exact) mass is 2130 g/mol. The van der Waals surface area contributed by atoms with Crippen molar-refractivity contribution in [2.45, 2.75) is 212 Å². The van der Waals surface area contributed by atoms with Gasteiger partial charge in [0.1, 0.15) is 29.2 Å². The normalized spacial score (nSPS) is 20.6. The smallest absolute Gasteiger partial charge is 0.271 e. The zero-order valence-electron chi connectivity index (χ0n) is 86.3. The number of imidazole rings is 2. The molecule has 0 spiro atoms. The van der Waals surface area contributed by atoms with Crippen LogP contribution in [0.25, 0.3) is 33.5 Å². The lowest BCUT2D eigenvalue weighted by atomic mass is 9.89. The molecule has 35 heteroatoms. The van der Waals surface area contributed by atoms with Crippen LogP contribution in [0.15, 0.2) is 169 Å². The molecule has 8 aliphatic heterocycles. The minimum Gasteiger partial charge on any atom is -0.440 e. The molecule has 7 fully saturated rings. The number of nitrogens with two attached hydrogens (primary N) is 4. The van der Waals surface area contributed by atoms with E-state index in [0.717, 1.165) is 219 Å². The highest BCUT2D eigenvalue weighted by molar-refractivity contribution is 7.99. The number of nitrogens with one attached hydrogen (secondary N) is 6. The molecule has 6 unspecified atom stereocenters. The van der Waals surface area contributed by atoms with Crippen LogP contribution < -0.4 is 54.8 Å².